The molecule has 4 heteroatoms. The van der Waals surface area contributed by atoms with Crippen molar-refractivity contribution in [3.8, 4) is 5.75 Å². The molecule has 0 aromatic heterocycles. The van der Waals surface area contributed by atoms with Gasteiger partial charge in [0.05, 0.1) is 10.0 Å². The highest BCUT2D eigenvalue weighted by Crippen LogP contribution is 2.26. The summed E-state index contributed by atoms with van der Waals surface area (Å²) in [5, 5.41) is 4.17. The maximum Gasteiger partial charge on any atom is 0.120 e. The van der Waals surface area contributed by atoms with E-state index in [1.165, 1.54) is 0 Å². The van der Waals surface area contributed by atoms with Gasteiger partial charge >= 0.3 is 0 Å². The maximum atomic E-state index is 5.84. The molecule has 0 saturated carbocycles. The quantitative estimate of drug-likeness (QED) is 0.615. The minimum absolute atomic E-state index is 0.508. The van der Waals surface area contributed by atoms with E-state index in [0.29, 0.717) is 16.7 Å². The van der Waals surface area contributed by atoms with Crippen LogP contribution < -0.4 is 10.1 Å². The van der Waals surface area contributed by atoms with Crippen molar-refractivity contribution in [2.24, 2.45) is 0 Å². The number of rotatable bonds is 6. The summed E-state index contributed by atoms with van der Waals surface area (Å²) in [4.78, 5) is 0. The lowest BCUT2D eigenvalue weighted by Gasteiger charge is -2.07. The van der Waals surface area contributed by atoms with Crippen molar-refractivity contribution in [2.45, 2.75) is 0 Å². The van der Waals surface area contributed by atoms with Gasteiger partial charge in [-0.1, -0.05) is 29.3 Å². The molecule has 0 aliphatic carbocycles. The fourth-order valence-corrected chi connectivity index (χ4v) is 1.30. The predicted molar refractivity (Wildman–Crippen MR) is 65.0 cm³/mol. The van der Waals surface area contributed by atoms with E-state index in [1.807, 2.05) is 0 Å². The Bertz CT molecular complexity index is 328. The monoisotopic (exact) mass is 245 g/mol. The van der Waals surface area contributed by atoms with Crippen molar-refractivity contribution in [2.75, 3.05) is 19.7 Å². The van der Waals surface area contributed by atoms with Crippen molar-refractivity contribution in [1.82, 2.24) is 5.32 Å². The molecule has 0 unspecified atom stereocenters. The van der Waals surface area contributed by atoms with Crippen molar-refractivity contribution >= 4 is 23.2 Å². The Kier molecular flexibility index (Phi) is 5.54. The number of hydrogen-bond acceptors (Lipinski definition) is 2. The molecule has 2 nitrogen and oxygen atoms in total. The van der Waals surface area contributed by atoms with E-state index in [-0.39, 0.29) is 0 Å². The number of nitrogens with one attached hydrogen (secondary N) is 1. The van der Waals surface area contributed by atoms with E-state index >= 15 is 0 Å². The largest absolute Gasteiger partial charge is 0.492 e. The molecule has 0 aliphatic heterocycles. The molecule has 82 valence electrons. The third kappa shape index (κ3) is 4.56. The minimum atomic E-state index is 0.508. The summed E-state index contributed by atoms with van der Waals surface area (Å²) in [5.74, 6) is 0.727. The average Bonchev–Trinajstić information content (AvgIpc) is 2.23. The SMILES string of the molecule is C=CCNCCOc1ccc(Cl)c(Cl)c1. The first-order valence-corrected chi connectivity index (χ1v) is 5.39. The van der Waals surface area contributed by atoms with Crippen molar-refractivity contribution < 1.29 is 4.74 Å². The molecule has 1 aromatic rings. The Hall–Kier alpha value is -0.700. The molecule has 1 aromatic carbocycles. The van der Waals surface area contributed by atoms with E-state index in [1.54, 1.807) is 24.3 Å². The zero-order valence-electron chi connectivity index (χ0n) is 8.30. The fourth-order valence-electron chi connectivity index (χ4n) is 1.01. The minimum Gasteiger partial charge on any atom is -0.492 e. The zero-order valence-corrected chi connectivity index (χ0v) is 9.81. The summed E-state index contributed by atoms with van der Waals surface area (Å²) < 4.78 is 5.45. The van der Waals surface area contributed by atoms with E-state index in [4.69, 9.17) is 27.9 Å². The van der Waals surface area contributed by atoms with Crippen LogP contribution in [0, 0.1) is 0 Å². The first-order chi connectivity index (χ1) is 7.24. The van der Waals surface area contributed by atoms with Crippen LogP contribution in [-0.4, -0.2) is 19.7 Å². The van der Waals surface area contributed by atoms with Gasteiger partial charge in [0.25, 0.3) is 0 Å². The molecule has 0 radical (unpaired) electrons. The summed E-state index contributed by atoms with van der Waals surface area (Å²) in [6.07, 6.45) is 1.80. The van der Waals surface area contributed by atoms with Gasteiger partial charge in [-0.2, -0.15) is 0 Å². The second-order valence-corrected chi connectivity index (χ2v) is 3.73. The number of halogens is 2. The Morgan fingerprint density at radius 1 is 1.33 bits per heavy atom. The normalized spacial score (nSPS) is 10.0. The number of ether oxygens (including phenoxy) is 1. The molecule has 0 heterocycles. The van der Waals surface area contributed by atoms with Gasteiger partial charge in [-0.05, 0) is 12.1 Å². The lowest BCUT2D eigenvalue weighted by atomic mass is 10.3. The lowest BCUT2D eigenvalue weighted by Crippen LogP contribution is -2.20. The number of hydrogen-bond donors (Lipinski definition) is 1. The van der Waals surface area contributed by atoms with Crippen LogP contribution in [0.3, 0.4) is 0 Å². The second-order valence-electron chi connectivity index (χ2n) is 2.92. The van der Waals surface area contributed by atoms with Crippen LogP contribution in [0.4, 0.5) is 0 Å². The molecule has 0 aliphatic rings. The van der Waals surface area contributed by atoms with Crippen LogP contribution >= 0.6 is 23.2 Å². The van der Waals surface area contributed by atoms with Crippen molar-refractivity contribution in [3.63, 3.8) is 0 Å². The van der Waals surface area contributed by atoms with E-state index < -0.39 is 0 Å². The van der Waals surface area contributed by atoms with Gasteiger partial charge in [0.15, 0.2) is 0 Å². The molecule has 0 amide bonds. The summed E-state index contributed by atoms with van der Waals surface area (Å²) in [6.45, 7) is 5.74. The predicted octanol–water partition coefficient (Wildman–Crippen LogP) is 3.15. The summed E-state index contributed by atoms with van der Waals surface area (Å²) in [6, 6.07) is 5.22. The maximum absolute atomic E-state index is 5.84. The Labute approximate surface area is 99.8 Å². The third-order valence-corrected chi connectivity index (χ3v) is 2.47. The molecule has 1 N–H and O–H groups in total. The standard InChI is InChI=1S/C11H13Cl2NO/c1-2-5-14-6-7-15-9-3-4-10(12)11(13)8-9/h2-4,8,14H,1,5-7H2. The molecule has 0 bridgehead atoms. The van der Waals surface area contributed by atoms with E-state index in [2.05, 4.69) is 11.9 Å². The highest BCUT2D eigenvalue weighted by atomic mass is 35.5. The van der Waals surface area contributed by atoms with Gasteiger partial charge in [-0.3, -0.25) is 0 Å². The third-order valence-electron chi connectivity index (χ3n) is 1.73. The second kappa shape index (κ2) is 6.72. The van der Waals surface area contributed by atoms with Gasteiger partial charge in [0, 0.05) is 19.2 Å². The van der Waals surface area contributed by atoms with Crippen LogP contribution in [0.1, 0.15) is 0 Å². The summed E-state index contributed by atoms with van der Waals surface area (Å²) in [5.41, 5.74) is 0. The highest BCUT2D eigenvalue weighted by molar-refractivity contribution is 6.42. The Morgan fingerprint density at radius 3 is 2.80 bits per heavy atom. The summed E-state index contributed by atoms with van der Waals surface area (Å²) >= 11 is 11.6. The zero-order chi connectivity index (χ0) is 11.1. The van der Waals surface area contributed by atoms with Crippen LogP contribution in [0.15, 0.2) is 30.9 Å². The van der Waals surface area contributed by atoms with Gasteiger partial charge in [0.1, 0.15) is 12.4 Å². The molecule has 0 saturated heterocycles. The van der Waals surface area contributed by atoms with Gasteiger partial charge in [-0.25, -0.2) is 0 Å². The molecular weight excluding hydrogens is 233 g/mol. The highest BCUT2D eigenvalue weighted by Gasteiger charge is 1.99. The number of benzene rings is 1. The Morgan fingerprint density at radius 2 is 2.13 bits per heavy atom. The first kappa shape index (κ1) is 12.4. The van der Waals surface area contributed by atoms with Crippen LogP contribution in [-0.2, 0) is 0 Å². The van der Waals surface area contributed by atoms with E-state index in [0.717, 1.165) is 18.8 Å². The van der Waals surface area contributed by atoms with Gasteiger partial charge < -0.3 is 10.1 Å². The van der Waals surface area contributed by atoms with Crippen LogP contribution in [0.5, 0.6) is 5.75 Å². The van der Waals surface area contributed by atoms with Gasteiger partial charge in [0.2, 0.25) is 0 Å². The lowest BCUT2D eigenvalue weighted by molar-refractivity contribution is 0.316. The summed E-state index contributed by atoms with van der Waals surface area (Å²) in [7, 11) is 0. The van der Waals surface area contributed by atoms with Crippen molar-refractivity contribution in [3.05, 3.63) is 40.9 Å². The van der Waals surface area contributed by atoms with Crippen LogP contribution in [0.2, 0.25) is 10.0 Å². The molecule has 0 spiro atoms. The molecule has 15 heavy (non-hydrogen) atoms. The molecule has 0 fully saturated rings. The molecule has 1 rings (SSSR count). The van der Waals surface area contributed by atoms with E-state index in [9.17, 15) is 0 Å². The Balaban J connectivity index is 2.31. The smallest absolute Gasteiger partial charge is 0.120 e. The fraction of sp³-hybridized carbons (Fsp3) is 0.273. The van der Waals surface area contributed by atoms with Crippen LogP contribution in [0.25, 0.3) is 0 Å². The first-order valence-electron chi connectivity index (χ1n) is 4.63. The topological polar surface area (TPSA) is 21.3 Å². The average molecular weight is 246 g/mol. The molecular formula is C11H13Cl2NO. The molecule has 0 atom stereocenters. The van der Waals surface area contributed by atoms with Crippen molar-refractivity contribution in [1.29, 1.82) is 0 Å². The van der Waals surface area contributed by atoms with Gasteiger partial charge in [-0.15, -0.1) is 6.58 Å².